The molecule has 1 unspecified atom stereocenters. The summed E-state index contributed by atoms with van der Waals surface area (Å²) in [7, 11) is 0. The number of nitrogens with zero attached hydrogens (tertiary/aromatic N) is 5. The molecule has 2 aromatic rings. The van der Waals surface area contributed by atoms with Gasteiger partial charge in [-0.1, -0.05) is 13.3 Å². The summed E-state index contributed by atoms with van der Waals surface area (Å²) in [5.41, 5.74) is 0.823. The van der Waals surface area contributed by atoms with Crippen LogP contribution in [0.1, 0.15) is 56.4 Å². The van der Waals surface area contributed by atoms with Crippen molar-refractivity contribution in [2.45, 2.75) is 59.0 Å². The lowest BCUT2D eigenvalue weighted by atomic mass is 10.2. The molecule has 1 aliphatic heterocycles. The first-order valence-corrected chi connectivity index (χ1v) is 9.14. The number of hydrogen-bond donors (Lipinski definition) is 0. The molecule has 0 saturated carbocycles. The molecule has 0 aliphatic carbocycles. The fraction of sp³-hybridized carbons (Fsp3) is 0.625. The minimum absolute atomic E-state index is 0.0390. The summed E-state index contributed by atoms with van der Waals surface area (Å²) in [6, 6.07) is -0.0390. The van der Waals surface area contributed by atoms with E-state index in [9.17, 15) is 4.79 Å². The van der Waals surface area contributed by atoms with E-state index in [2.05, 4.69) is 17.0 Å². The summed E-state index contributed by atoms with van der Waals surface area (Å²) in [4.78, 5) is 23.2. The zero-order chi connectivity index (χ0) is 16.4. The second kappa shape index (κ2) is 6.78. The molecule has 0 radical (unpaired) electrons. The molecule has 1 saturated heterocycles. The largest absolute Gasteiger partial charge is 0.333 e. The molecule has 7 heteroatoms. The molecule has 1 atom stereocenters. The molecule has 3 heterocycles. The van der Waals surface area contributed by atoms with Gasteiger partial charge in [0.1, 0.15) is 11.5 Å². The minimum atomic E-state index is -0.0390. The Morgan fingerprint density at radius 1 is 1.39 bits per heavy atom. The molecule has 1 amide bonds. The number of rotatable bonds is 6. The fourth-order valence-corrected chi connectivity index (χ4v) is 3.52. The molecule has 23 heavy (non-hydrogen) atoms. The third-order valence-electron chi connectivity index (χ3n) is 4.22. The van der Waals surface area contributed by atoms with Gasteiger partial charge < -0.3 is 4.90 Å². The maximum absolute atomic E-state index is 12.1. The summed E-state index contributed by atoms with van der Waals surface area (Å²) < 4.78 is 1.96. The van der Waals surface area contributed by atoms with Gasteiger partial charge in [0.15, 0.2) is 0 Å². The second-order valence-electron chi connectivity index (χ2n) is 5.99. The van der Waals surface area contributed by atoms with Crippen LogP contribution in [-0.4, -0.2) is 37.1 Å². The minimum Gasteiger partial charge on any atom is -0.333 e. The Balaban J connectivity index is 1.93. The van der Waals surface area contributed by atoms with Gasteiger partial charge in [-0.25, -0.2) is 14.6 Å². The number of carbonyl (C=O) groups is 1. The SMILES string of the molecule is CCCCn1nc(-c2csc(C)n2)nc1C(C)N1CCCC1=O. The number of amides is 1. The van der Waals surface area contributed by atoms with Crippen molar-refractivity contribution in [1.29, 1.82) is 0 Å². The van der Waals surface area contributed by atoms with Gasteiger partial charge in [0, 0.05) is 24.9 Å². The van der Waals surface area contributed by atoms with Crippen molar-refractivity contribution in [3.63, 3.8) is 0 Å². The fourth-order valence-electron chi connectivity index (χ4n) is 2.93. The average molecular weight is 333 g/mol. The van der Waals surface area contributed by atoms with Crippen LogP contribution in [0.3, 0.4) is 0 Å². The first kappa shape index (κ1) is 16.1. The summed E-state index contributed by atoms with van der Waals surface area (Å²) >= 11 is 1.60. The molecule has 0 spiro atoms. The molecule has 0 aromatic carbocycles. The maximum Gasteiger partial charge on any atom is 0.223 e. The molecule has 2 aromatic heterocycles. The Hall–Kier alpha value is -1.76. The highest BCUT2D eigenvalue weighted by Crippen LogP contribution is 2.27. The van der Waals surface area contributed by atoms with Crippen LogP contribution in [0.5, 0.6) is 0 Å². The van der Waals surface area contributed by atoms with Crippen LogP contribution in [-0.2, 0) is 11.3 Å². The van der Waals surface area contributed by atoms with Crippen molar-refractivity contribution in [1.82, 2.24) is 24.6 Å². The van der Waals surface area contributed by atoms with Crippen molar-refractivity contribution >= 4 is 17.2 Å². The van der Waals surface area contributed by atoms with Crippen LogP contribution >= 0.6 is 11.3 Å². The number of aryl methyl sites for hydroxylation is 2. The second-order valence-corrected chi connectivity index (χ2v) is 7.05. The monoisotopic (exact) mass is 333 g/mol. The lowest BCUT2D eigenvalue weighted by molar-refractivity contribution is -0.129. The molecular formula is C16H23N5OS. The zero-order valence-corrected chi connectivity index (χ0v) is 14.8. The van der Waals surface area contributed by atoms with Crippen molar-refractivity contribution in [3.05, 3.63) is 16.2 Å². The van der Waals surface area contributed by atoms with Gasteiger partial charge in [0.2, 0.25) is 11.7 Å². The number of carbonyl (C=O) groups excluding carboxylic acids is 1. The van der Waals surface area contributed by atoms with Gasteiger partial charge in [-0.05, 0) is 26.7 Å². The molecule has 1 aliphatic rings. The highest BCUT2D eigenvalue weighted by Gasteiger charge is 2.29. The van der Waals surface area contributed by atoms with Crippen LogP contribution < -0.4 is 0 Å². The van der Waals surface area contributed by atoms with E-state index < -0.39 is 0 Å². The van der Waals surface area contributed by atoms with E-state index in [0.717, 1.165) is 48.9 Å². The van der Waals surface area contributed by atoms with E-state index in [1.807, 2.05) is 28.8 Å². The molecule has 6 nitrogen and oxygen atoms in total. The van der Waals surface area contributed by atoms with Crippen molar-refractivity contribution in [2.24, 2.45) is 0 Å². The first-order valence-electron chi connectivity index (χ1n) is 8.27. The quantitative estimate of drug-likeness (QED) is 0.814. The predicted octanol–water partition coefficient (Wildman–Crippen LogP) is 3.19. The van der Waals surface area contributed by atoms with E-state index in [0.29, 0.717) is 12.2 Å². The average Bonchev–Trinajstić information content (AvgIpc) is 3.24. The standard InChI is InChI=1S/C16H23N5OS/c1-4-5-9-21-16(11(2)20-8-6-7-14(20)22)18-15(19-21)13-10-23-12(3)17-13/h10-11H,4-9H2,1-3H3. The van der Waals surface area contributed by atoms with Crippen molar-refractivity contribution < 1.29 is 4.79 Å². The molecule has 1 fully saturated rings. The normalized spacial score (nSPS) is 16.3. The van der Waals surface area contributed by atoms with Crippen LogP contribution in [0.15, 0.2) is 5.38 Å². The van der Waals surface area contributed by atoms with Gasteiger partial charge in [-0.3, -0.25) is 4.79 Å². The van der Waals surface area contributed by atoms with Crippen LogP contribution in [0.4, 0.5) is 0 Å². The Kier molecular flexibility index (Phi) is 4.75. The van der Waals surface area contributed by atoms with Crippen LogP contribution in [0.25, 0.3) is 11.5 Å². The van der Waals surface area contributed by atoms with E-state index in [-0.39, 0.29) is 11.9 Å². The van der Waals surface area contributed by atoms with Crippen LogP contribution in [0.2, 0.25) is 0 Å². The van der Waals surface area contributed by atoms with Crippen molar-refractivity contribution in [3.8, 4) is 11.5 Å². The van der Waals surface area contributed by atoms with Crippen molar-refractivity contribution in [2.75, 3.05) is 6.54 Å². The highest BCUT2D eigenvalue weighted by atomic mass is 32.1. The Morgan fingerprint density at radius 2 is 2.22 bits per heavy atom. The van der Waals surface area contributed by atoms with E-state index >= 15 is 0 Å². The Labute approximate surface area is 140 Å². The summed E-state index contributed by atoms with van der Waals surface area (Å²) in [5, 5.41) is 7.66. The first-order chi connectivity index (χ1) is 11.1. The summed E-state index contributed by atoms with van der Waals surface area (Å²) in [6.45, 7) is 7.83. The zero-order valence-electron chi connectivity index (χ0n) is 13.9. The van der Waals surface area contributed by atoms with E-state index in [1.165, 1.54) is 0 Å². The number of unbranched alkanes of at least 4 members (excludes halogenated alkanes) is 1. The van der Waals surface area contributed by atoms with Gasteiger partial charge in [-0.2, -0.15) is 0 Å². The topological polar surface area (TPSA) is 63.9 Å². The third-order valence-corrected chi connectivity index (χ3v) is 5.00. The number of likely N-dealkylation sites (tertiary alicyclic amines) is 1. The van der Waals surface area contributed by atoms with Gasteiger partial charge in [-0.15, -0.1) is 16.4 Å². The Bertz CT molecular complexity index is 692. The highest BCUT2D eigenvalue weighted by molar-refractivity contribution is 7.09. The molecule has 3 rings (SSSR count). The lowest BCUT2D eigenvalue weighted by Gasteiger charge is -2.23. The smallest absolute Gasteiger partial charge is 0.223 e. The van der Waals surface area contributed by atoms with E-state index in [4.69, 9.17) is 4.98 Å². The lowest BCUT2D eigenvalue weighted by Crippen LogP contribution is -2.30. The molecular weight excluding hydrogens is 310 g/mol. The Morgan fingerprint density at radius 3 is 2.83 bits per heavy atom. The van der Waals surface area contributed by atoms with Gasteiger partial charge >= 0.3 is 0 Å². The van der Waals surface area contributed by atoms with Gasteiger partial charge in [0.25, 0.3) is 0 Å². The molecule has 0 bridgehead atoms. The molecule has 0 N–H and O–H groups in total. The number of aromatic nitrogens is 4. The molecule has 124 valence electrons. The maximum atomic E-state index is 12.1. The van der Waals surface area contributed by atoms with Gasteiger partial charge in [0.05, 0.1) is 11.0 Å². The number of hydrogen-bond acceptors (Lipinski definition) is 5. The predicted molar refractivity (Wildman–Crippen MR) is 90.1 cm³/mol. The van der Waals surface area contributed by atoms with Crippen LogP contribution in [0, 0.1) is 6.92 Å². The third kappa shape index (κ3) is 3.29. The summed E-state index contributed by atoms with van der Waals surface area (Å²) in [6.07, 6.45) is 3.73. The number of thiazole rings is 1. The van der Waals surface area contributed by atoms with E-state index in [1.54, 1.807) is 11.3 Å². The summed E-state index contributed by atoms with van der Waals surface area (Å²) in [5.74, 6) is 1.75.